The van der Waals surface area contributed by atoms with Crippen molar-refractivity contribution < 1.29 is 28.8 Å². The number of benzene rings is 4. The molecule has 4 aromatic carbocycles. The highest BCUT2D eigenvalue weighted by Gasteiger charge is 2.42. The van der Waals surface area contributed by atoms with E-state index in [0.717, 1.165) is 5.56 Å². The molecule has 1 heterocycles. The van der Waals surface area contributed by atoms with E-state index in [1.54, 1.807) is 47.4 Å². The SMILES string of the molecule is Oc1cccc(-c2ccc(C3[C@H](CCC(O)c4ccc(F)cc4)OC(=S)N3c3ccc(F)cc3)c(O)c2)c1. The maximum Gasteiger partial charge on any atom is 0.264 e. The molecule has 2 unspecified atom stereocenters. The van der Waals surface area contributed by atoms with Crippen molar-refractivity contribution in [1.82, 2.24) is 0 Å². The maximum atomic E-state index is 13.7. The molecule has 1 saturated heterocycles. The van der Waals surface area contributed by atoms with Crippen molar-refractivity contribution in [1.29, 1.82) is 0 Å². The van der Waals surface area contributed by atoms with Crippen LogP contribution in [-0.4, -0.2) is 26.6 Å². The quantitative estimate of drug-likeness (QED) is 0.227. The number of phenolic OH excluding ortho intramolecular Hbond substituents is 2. The van der Waals surface area contributed by atoms with Gasteiger partial charge in [-0.3, -0.25) is 4.90 Å². The summed E-state index contributed by atoms with van der Waals surface area (Å²) in [4.78, 5) is 1.73. The molecule has 0 aliphatic carbocycles. The van der Waals surface area contributed by atoms with E-state index in [-0.39, 0.29) is 22.5 Å². The van der Waals surface area contributed by atoms with Gasteiger partial charge in [0.05, 0.1) is 6.10 Å². The van der Waals surface area contributed by atoms with Gasteiger partial charge in [-0.1, -0.05) is 36.4 Å². The van der Waals surface area contributed by atoms with Crippen molar-refractivity contribution in [3.63, 3.8) is 0 Å². The molecule has 1 aliphatic rings. The number of hydrogen-bond donors (Lipinski definition) is 3. The van der Waals surface area contributed by atoms with E-state index in [1.165, 1.54) is 36.4 Å². The molecule has 194 valence electrons. The van der Waals surface area contributed by atoms with Crippen LogP contribution >= 0.6 is 12.2 Å². The number of hydrogen-bond acceptors (Lipinski definition) is 5. The molecule has 3 atom stereocenters. The molecule has 4 aromatic rings. The molecule has 0 aromatic heterocycles. The molecule has 0 spiro atoms. The van der Waals surface area contributed by atoms with Crippen molar-refractivity contribution in [2.45, 2.75) is 31.1 Å². The second-order valence-electron chi connectivity index (χ2n) is 9.18. The molecule has 38 heavy (non-hydrogen) atoms. The molecule has 3 N–H and O–H groups in total. The fourth-order valence-corrected chi connectivity index (χ4v) is 5.13. The van der Waals surface area contributed by atoms with E-state index in [0.29, 0.717) is 35.2 Å². The monoisotopic (exact) mass is 533 g/mol. The first-order valence-electron chi connectivity index (χ1n) is 12.1. The predicted molar refractivity (Wildman–Crippen MR) is 145 cm³/mol. The van der Waals surface area contributed by atoms with E-state index < -0.39 is 24.1 Å². The molecular formula is C30H25F2NO4S. The van der Waals surface area contributed by atoms with Crippen LogP contribution in [0.4, 0.5) is 14.5 Å². The lowest BCUT2D eigenvalue weighted by Gasteiger charge is -2.27. The minimum atomic E-state index is -0.852. The summed E-state index contributed by atoms with van der Waals surface area (Å²) >= 11 is 5.55. The lowest BCUT2D eigenvalue weighted by atomic mass is 9.92. The van der Waals surface area contributed by atoms with Crippen LogP contribution in [0.2, 0.25) is 0 Å². The summed E-state index contributed by atoms with van der Waals surface area (Å²) in [6, 6.07) is 22.9. The van der Waals surface area contributed by atoms with E-state index >= 15 is 0 Å². The largest absolute Gasteiger partial charge is 0.508 e. The Hall–Kier alpha value is -4.01. The van der Waals surface area contributed by atoms with Crippen molar-refractivity contribution in [3.8, 4) is 22.6 Å². The van der Waals surface area contributed by atoms with Crippen LogP contribution in [0.25, 0.3) is 11.1 Å². The third-order valence-corrected chi connectivity index (χ3v) is 6.98. The van der Waals surface area contributed by atoms with Gasteiger partial charge in [0.25, 0.3) is 5.17 Å². The predicted octanol–water partition coefficient (Wildman–Crippen LogP) is 6.79. The molecule has 5 rings (SSSR count). The van der Waals surface area contributed by atoms with E-state index in [9.17, 15) is 24.1 Å². The molecule has 0 radical (unpaired) electrons. The summed E-state index contributed by atoms with van der Waals surface area (Å²) in [5, 5.41) is 31.9. The van der Waals surface area contributed by atoms with Crippen molar-refractivity contribution in [2.24, 2.45) is 0 Å². The van der Waals surface area contributed by atoms with Gasteiger partial charge >= 0.3 is 0 Å². The van der Waals surface area contributed by atoms with Gasteiger partial charge < -0.3 is 20.1 Å². The van der Waals surface area contributed by atoms with Gasteiger partial charge in [0.15, 0.2) is 0 Å². The molecular weight excluding hydrogens is 508 g/mol. The number of aliphatic hydroxyl groups excluding tert-OH is 1. The molecule has 1 aliphatic heterocycles. The van der Waals surface area contributed by atoms with Crippen LogP contribution in [0.15, 0.2) is 91.0 Å². The minimum Gasteiger partial charge on any atom is -0.508 e. The molecule has 5 nitrogen and oxygen atoms in total. The number of phenols is 2. The van der Waals surface area contributed by atoms with Crippen LogP contribution in [-0.2, 0) is 4.74 Å². The average Bonchev–Trinajstić information content (AvgIpc) is 3.23. The Balaban J connectivity index is 1.47. The van der Waals surface area contributed by atoms with E-state index in [4.69, 9.17) is 17.0 Å². The fourth-order valence-electron chi connectivity index (χ4n) is 4.79. The number of nitrogens with zero attached hydrogens (tertiary/aromatic N) is 1. The van der Waals surface area contributed by atoms with Crippen LogP contribution in [0.5, 0.6) is 11.5 Å². The van der Waals surface area contributed by atoms with Gasteiger partial charge in [0, 0.05) is 11.3 Å². The first-order valence-corrected chi connectivity index (χ1v) is 12.5. The summed E-state index contributed by atoms with van der Waals surface area (Å²) < 4.78 is 33.0. The van der Waals surface area contributed by atoms with Crippen molar-refractivity contribution in [2.75, 3.05) is 4.90 Å². The summed E-state index contributed by atoms with van der Waals surface area (Å²) in [6.45, 7) is 0. The standard InChI is InChI=1S/C30H25F2NO4S/c31-21-7-4-18(5-8-21)26(35)14-15-28-29(33(30(38)37-28)23-11-9-22(32)10-12-23)25-13-6-20(17-27(25)36)19-2-1-3-24(34)16-19/h1-13,16-17,26,28-29,34-36H,14-15H2/t26?,28-,29?/m0/s1. The molecule has 0 bridgehead atoms. The highest BCUT2D eigenvalue weighted by molar-refractivity contribution is 7.80. The Morgan fingerprint density at radius 3 is 2.16 bits per heavy atom. The maximum absolute atomic E-state index is 13.7. The summed E-state index contributed by atoms with van der Waals surface area (Å²) in [5.41, 5.74) is 3.16. The number of aromatic hydroxyl groups is 2. The molecule has 1 fully saturated rings. The van der Waals surface area contributed by atoms with E-state index in [1.807, 2.05) is 12.1 Å². The Kier molecular flexibility index (Phi) is 7.26. The van der Waals surface area contributed by atoms with Crippen molar-refractivity contribution in [3.05, 3.63) is 114 Å². The lowest BCUT2D eigenvalue weighted by Crippen LogP contribution is -2.29. The fraction of sp³-hybridized carbons (Fsp3) is 0.167. The Morgan fingerprint density at radius 2 is 1.50 bits per heavy atom. The lowest BCUT2D eigenvalue weighted by molar-refractivity contribution is 0.126. The number of halogens is 2. The van der Waals surface area contributed by atoms with Gasteiger partial charge in [-0.05, 0) is 96.3 Å². The topological polar surface area (TPSA) is 73.2 Å². The molecule has 0 amide bonds. The third-order valence-electron chi connectivity index (χ3n) is 6.69. The smallest absolute Gasteiger partial charge is 0.264 e. The van der Waals surface area contributed by atoms with Crippen LogP contribution in [0.3, 0.4) is 0 Å². The van der Waals surface area contributed by atoms with Gasteiger partial charge in [0.1, 0.15) is 35.3 Å². The Labute approximate surface area is 224 Å². The number of anilines is 1. The number of ether oxygens (including phenoxy) is 1. The number of aliphatic hydroxyl groups is 1. The van der Waals surface area contributed by atoms with E-state index in [2.05, 4.69) is 0 Å². The highest BCUT2D eigenvalue weighted by atomic mass is 32.1. The van der Waals surface area contributed by atoms with Gasteiger partial charge in [0.2, 0.25) is 0 Å². The normalized spacial score (nSPS) is 17.9. The average molecular weight is 534 g/mol. The summed E-state index contributed by atoms with van der Waals surface area (Å²) in [5.74, 6) is -0.665. The Bertz CT molecular complexity index is 1450. The zero-order valence-corrected chi connectivity index (χ0v) is 21.0. The zero-order valence-electron chi connectivity index (χ0n) is 20.2. The first kappa shape index (κ1) is 25.6. The van der Waals surface area contributed by atoms with Gasteiger partial charge in [-0.25, -0.2) is 8.78 Å². The van der Waals surface area contributed by atoms with Gasteiger partial charge in [-0.15, -0.1) is 0 Å². The zero-order chi connectivity index (χ0) is 26.8. The van der Waals surface area contributed by atoms with Crippen LogP contribution in [0, 0.1) is 11.6 Å². The minimum absolute atomic E-state index is 0.000313. The van der Waals surface area contributed by atoms with Gasteiger partial charge in [-0.2, -0.15) is 0 Å². The van der Waals surface area contributed by atoms with Crippen LogP contribution < -0.4 is 4.90 Å². The summed E-state index contributed by atoms with van der Waals surface area (Å²) in [7, 11) is 0. The first-order chi connectivity index (χ1) is 18.3. The molecule has 0 saturated carbocycles. The second-order valence-corrected chi connectivity index (χ2v) is 9.53. The number of thiocarbonyl (C=S) groups is 1. The van der Waals surface area contributed by atoms with Crippen molar-refractivity contribution >= 4 is 23.1 Å². The highest BCUT2D eigenvalue weighted by Crippen LogP contribution is 2.44. The summed E-state index contributed by atoms with van der Waals surface area (Å²) in [6.07, 6.45) is -0.723. The number of rotatable bonds is 7. The second kappa shape index (κ2) is 10.8. The molecule has 8 heteroatoms. The Morgan fingerprint density at radius 1 is 0.842 bits per heavy atom. The third kappa shape index (κ3) is 5.32. The van der Waals surface area contributed by atoms with Crippen LogP contribution in [0.1, 0.15) is 36.1 Å².